The molecule has 86 valence electrons. The average Bonchev–Trinajstić information content (AvgIpc) is 2.16. The summed E-state index contributed by atoms with van der Waals surface area (Å²) in [5.41, 5.74) is 0.716. The molecule has 0 saturated heterocycles. The SMILES string of the molecule is Cc1ccc(C#N)c(OCCC(F)(F)F)n1. The summed E-state index contributed by atoms with van der Waals surface area (Å²) < 4.78 is 40.4. The number of alkyl halides is 3. The highest BCUT2D eigenvalue weighted by Gasteiger charge is 2.27. The van der Waals surface area contributed by atoms with Crippen LogP contribution in [0, 0.1) is 18.3 Å². The van der Waals surface area contributed by atoms with Gasteiger partial charge in [-0.3, -0.25) is 0 Å². The van der Waals surface area contributed by atoms with Gasteiger partial charge in [-0.15, -0.1) is 0 Å². The van der Waals surface area contributed by atoms with Crippen LogP contribution in [0.15, 0.2) is 12.1 Å². The third-order valence-corrected chi connectivity index (χ3v) is 1.74. The minimum Gasteiger partial charge on any atom is -0.476 e. The van der Waals surface area contributed by atoms with E-state index in [2.05, 4.69) is 4.98 Å². The van der Waals surface area contributed by atoms with Crippen LogP contribution in [-0.2, 0) is 0 Å². The average molecular weight is 230 g/mol. The zero-order valence-electron chi connectivity index (χ0n) is 8.51. The number of ether oxygens (including phenoxy) is 1. The number of nitrogens with zero attached hydrogens (tertiary/aromatic N) is 2. The first kappa shape index (κ1) is 12.3. The van der Waals surface area contributed by atoms with Crippen molar-refractivity contribution in [3.05, 3.63) is 23.4 Å². The van der Waals surface area contributed by atoms with E-state index < -0.39 is 19.2 Å². The van der Waals surface area contributed by atoms with Gasteiger partial charge in [0.1, 0.15) is 11.6 Å². The number of hydrogen-bond acceptors (Lipinski definition) is 3. The molecule has 16 heavy (non-hydrogen) atoms. The van der Waals surface area contributed by atoms with Crippen LogP contribution in [0.2, 0.25) is 0 Å². The smallest absolute Gasteiger partial charge is 0.392 e. The van der Waals surface area contributed by atoms with E-state index in [1.54, 1.807) is 19.1 Å². The minimum atomic E-state index is -4.27. The summed E-state index contributed by atoms with van der Waals surface area (Å²) in [5.74, 6) is -0.0493. The van der Waals surface area contributed by atoms with Crippen molar-refractivity contribution in [1.82, 2.24) is 4.98 Å². The summed E-state index contributed by atoms with van der Waals surface area (Å²) in [4.78, 5) is 3.85. The van der Waals surface area contributed by atoms with Gasteiger partial charge >= 0.3 is 6.18 Å². The Bertz CT molecular complexity index is 410. The quantitative estimate of drug-likeness (QED) is 0.801. The number of aryl methyl sites for hydroxylation is 1. The summed E-state index contributed by atoms with van der Waals surface area (Å²) in [6, 6.07) is 4.86. The topological polar surface area (TPSA) is 45.9 Å². The van der Waals surface area contributed by atoms with Crippen molar-refractivity contribution in [1.29, 1.82) is 5.26 Å². The molecule has 0 aliphatic rings. The molecule has 0 amide bonds. The van der Waals surface area contributed by atoms with Crippen LogP contribution in [-0.4, -0.2) is 17.8 Å². The molecule has 1 heterocycles. The van der Waals surface area contributed by atoms with Gasteiger partial charge in [0.05, 0.1) is 13.0 Å². The molecule has 0 fully saturated rings. The molecule has 6 heteroatoms. The molecule has 0 bridgehead atoms. The molecule has 0 aliphatic carbocycles. The Morgan fingerprint density at radius 3 is 2.69 bits per heavy atom. The molecular weight excluding hydrogens is 221 g/mol. The van der Waals surface area contributed by atoms with E-state index in [9.17, 15) is 13.2 Å². The number of nitriles is 1. The van der Waals surface area contributed by atoms with Crippen molar-refractivity contribution >= 4 is 0 Å². The van der Waals surface area contributed by atoms with Crippen LogP contribution >= 0.6 is 0 Å². The fraction of sp³-hybridized carbons (Fsp3) is 0.400. The van der Waals surface area contributed by atoms with Crippen molar-refractivity contribution in [3.63, 3.8) is 0 Å². The summed E-state index contributed by atoms with van der Waals surface area (Å²) in [6.07, 6.45) is -5.33. The van der Waals surface area contributed by atoms with Crippen molar-refractivity contribution < 1.29 is 17.9 Å². The van der Waals surface area contributed by atoms with Gasteiger partial charge in [-0.2, -0.15) is 18.4 Å². The molecule has 0 unspecified atom stereocenters. The van der Waals surface area contributed by atoms with Crippen LogP contribution < -0.4 is 4.74 Å². The van der Waals surface area contributed by atoms with E-state index >= 15 is 0 Å². The summed E-state index contributed by atoms with van der Waals surface area (Å²) in [7, 11) is 0. The monoisotopic (exact) mass is 230 g/mol. The number of aromatic nitrogens is 1. The lowest BCUT2D eigenvalue weighted by molar-refractivity contribution is -0.139. The first-order valence-electron chi connectivity index (χ1n) is 4.49. The van der Waals surface area contributed by atoms with E-state index in [1.807, 2.05) is 0 Å². The van der Waals surface area contributed by atoms with Crippen molar-refractivity contribution in [2.45, 2.75) is 19.5 Å². The van der Waals surface area contributed by atoms with Gasteiger partial charge in [0.25, 0.3) is 0 Å². The molecular formula is C10H9F3N2O. The zero-order valence-corrected chi connectivity index (χ0v) is 8.51. The highest BCUT2D eigenvalue weighted by Crippen LogP contribution is 2.21. The number of rotatable bonds is 3. The van der Waals surface area contributed by atoms with E-state index in [-0.39, 0.29) is 11.4 Å². The Kier molecular flexibility index (Phi) is 3.72. The second-order valence-corrected chi connectivity index (χ2v) is 3.13. The molecule has 0 N–H and O–H groups in total. The van der Waals surface area contributed by atoms with Gasteiger partial charge in [-0.1, -0.05) is 0 Å². The predicted octanol–water partition coefficient (Wildman–Crippen LogP) is 2.59. The Labute approximate surface area is 90.5 Å². The van der Waals surface area contributed by atoms with Crippen molar-refractivity contribution in [3.8, 4) is 11.9 Å². The molecule has 3 nitrogen and oxygen atoms in total. The Morgan fingerprint density at radius 2 is 2.12 bits per heavy atom. The molecule has 0 atom stereocenters. The van der Waals surface area contributed by atoms with E-state index in [1.165, 1.54) is 6.07 Å². The summed E-state index contributed by atoms with van der Waals surface area (Å²) in [6.45, 7) is 1.13. The fourth-order valence-electron chi connectivity index (χ4n) is 0.991. The van der Waals surface area contributed by atoms with E-state index in [4.69, 9.17) is 10.00 Å². The van der Waals surface area contributed by atoms with Gasteiger partial charge in [0.2, 0.25) is 5.88 Å². The Morgan fingerprint density at radius 1 is 1.44 bits per heavy atom. The maximum atomic E-state index is 11.9. The molecule has 0 aliphatic heterocycles. The van der Waals surface area contributed by atoms with Crippen molar-refractivity contribution in [2.24, 2.45) is 0 Å². The molecule has 0 saturated carbocycles. The zero-order chi connectivity index (χ0) is 12.2. The number of pyridine rings is 1. The van der Waals surface area contributed by atoms with Crippen LogP contribution in [0.4, 0.5) is 13.2 Å². The Hall–Kier alpha value is -1.77. The van der Waals surface area contributed by atoms with Gasteiger partial charge in [-0.05, 0) is 19.1 Å². The van der Waals surface area contributed by atoms with Gasteiger partial charge in [0.15, 0.2) is 0 Å². The maximum Gasteiger partial charge on any atom is 0.392 e. The van der Waals surface area contributed by atoms with E-state index in [0.29, 0.717) is 5.69 Å². The van der Waals surface area contributed by atoms with Gasteiger partial charge in [0, 0.05) is 5.69 Å². The fourth-order valence-corrected chi connectivity index (χ4v) is 0.991. The lowest BCUT2D eigenvalue weighted by Gasteiger charge is -2.09. The lowest BCUT2D eigenvalue weighted by Crippen LogP contribution is -2.14. The second-order valence-electron chi connectivity index (χ2n) is 3.13. The largest absolute Gasteiger partial charge is 0.476 e. The molecule has 0 radical (unpaired) electrons. The van der Waals surface area contributed by atoms with Crippen LogP contribution in [0.1, 0.15) is 17.7 Å². The standard InChI is InChI=1S/C10H9F3N2O/c1-7-2-3-8(6-14)9(15-7)16-5-4-10(11,12)13/h2-3H,4-5H2,1H3. The maximum absolute atomic E-state index is 11.9. The molecule has 1 aromatic rings. The van der Waals surface area contributed by atoms with Gasteiger partial charge < -0.3 is 4.74 Å². The van der Waals surface area contributed by atoms with Crippen molar-refractivity contribution in [2.75, 3.05) is 6.61 Å². The number of halogens is 3. The highest BCUT2D eigenvalue weighted by atomic mass is 19.4. The first-order valence-corrected chi connectivity index (χ1v) is 4.49. The number of hydrogen-bond donors (Lipinski definition) is 0. The molecule has 0 aromatic carbocycles. The lowest BCUT2D eigenvalue weighted by atomic mass is 10.2. The third-order valence-electron chi connectivity index (χ3n) is 1.74. The van der Waals surface area contributed by atoms with Crippen LogP contribution in [0.5, 0.6) is 5.88 Å². The molecule has 0 spiro atoms. The van der Waals surface area contributed by atoms with Gasteiger partial charge in [-0.25, -0.2) is 4.98 Å². The Balaban J connectivity index is 2.67. The highest BCUT2D eigenvalue weighted by molar-refractivity contribution is 5.38. The minimum absolute atomic E-state index is 0.0493. The summed E-state index contributed by atoms with van der Waals surface area (Å²) in [5, 5.41) is 8.68. The van der Waals surface area contributed by atoms with Crippen LogP contribution in [0.3, 0.4) is 0 Å². The predicted molar refractivity (Wildman–Crippen MR) is 49.9 cm³/mol. The summed E-state index contributed by atoms with van der Waals surface area (Å²) >= 11 is 0. The molecule has 1 aromatic heterocycles. The molecule has 1 rings (SSSR count). The van der Waals surface area contributed by atoms with E-state index in [0.717, 1.165) is 0 Å². The van der Waals surface area contributed by atoms with Crippen LogP contribution in [0.25, 0.3) is 0 Å². The normalized spacial score (nSPS) is 10.9. The first-order chi connectivity index (χ1) is 7.42. The second kappa shape index (κ2) is 4.84. The third kappa shape index (κ3) is 3.77.